The number of rotatable bonds is 9. The van der Waals surface area contributed by atoms with E-state index < -0.39 is 9.53 Å². The van der Waals surface area contributed by atoms with Gasteiger partial charge in [0.1, 0.15) is 0 Å². The van der Waals surface area contributed by atoms with E-state index in [4.69, 9.17) is 13.3 Å². The lowest BCUT2D eigenvalue weighted by Crippen LogP contribution is -2.28. The van der Waals surface area contributed by atoms with Crippen molar-refractivity contribution in [2.75, 3.05) is 19.8 Å². The molecule has 0 aromatic rings. The Kier molecular flexibility index (Phi) is 10.3. The molecule has 3 nitrogen and oxygen atoms in total. The van der Waals surface area contributed by atoms with Gasteiger partial charge in [0, 0.05) is 19.8 Å². The molecule has 0 N–H and O–H groups in total. The van der Waals surface area contributed by atoms with E-state index in [0.717, 1.165) is 39.1 Å². The average Bonchev–Trinajstić information content (AvgIpc) is 2.17. The standard InChI is InChI=1S/C9H21O3Si/c1-4-7-10-13(11-8-5-2)12-9-6-3/h4-9H2,1-3H3. The summed E-state index contributed by atoms with van der Waals surface area (Å²) in [6.07, 6.45) is 3.04. The van der Waals surface area contributed by atoms with Gasteiger partial charge in [0.15, 0.2) is 0 Å². The molecular formula is C9H21O3Si. The third-order valence-electron chi connectivity index (χ3n) is 1.27. The van der Waals surface area contributed by atoms with Gasteiger partial charge >= 0.3 is 9.53 Å². The van der Waals surface area contributed by atoms with Crippen molar-refractivity contribution in [3.8, 4) is 0 Å². The Morgan fingerprint density at radius 2 is 1.00 bits per heavy atom. The molecule has 0 spiro atoms. The van der Waals surface area contributed by atoms with Crippen LogP contribution in [0.25, 0.3) is 0 Å². The summed E-state index contributed by atoms with van der Waals surface area (Å²) in [6, 6.07) is 0. The van der Waals surface area contributed by atoms with Gasteiger partial charge in [0.25, 0.3) is 0 Å². The van der Waals surface area contributed by atoms with Crippen molar-refractivity contribution in [1.82, 2.24) is 0 Å². The van der Waals surface area contributed by atoms with E-state index in [9.17, 15) is 0 Å². The van der Waals surface area contributed by atoms with Gasteiger partial charge in [-0.25, -0.2) is 0 Å². The highest BCUT2D eigenvalue weighted by Crippen LogP contribution is 1.96. The van der Waals surface area contributed by atoms with Crippen LogP contribution in [0.3, 0.4) is 0 Å². The third-order valence-corrected chi connectivity index (χ3v) is 2.59. The zero-order valence-electron chi connectivity index (χ0n) is 8.97. The maximum Gasteiger partial charge on any atom is 0.577 e. The molecule has 13 heavy (non-hydrogen) atoms. The summed E-state index contributed by atoms with van der Waals surface area (Å²) in [5, 5.41) is 0. The quantitative estimate of drug-likeness (QED) is 0.540. The Hall–Kier alpha value is 0.0969. The molecule has 0 aliphatic carbocycles. The molecule has 79 valence electrons. The molecule has 0 bridgehead atoms. The SMILES string of the molecule is CCCO[Si](OCCC)OCCC. The predicted molar refractivity (Wildman–Crippen MR) is 54.5 cm³/mol. The van der Waals surface area contributed by atoms with Crippen molar-refractivity contribution in [2.45, 2.75) is 40.0 Å². The second kappa shape index (κ2) is 10.2. The van der Waals surface area contributed by atoms with Crippen molar-refractivity contribution in [3.63, 3.8) is 0 Å². The van der Waals surface area contributed by atoms with Gasteiger partial charge in [-0.15, -0.1) is 0 Å². The molecule has 0 saturated heterocycles. The summed E-state index contributed by atoms with van der Waals surface area (Å²) in [5.74, 6) is 0. The number of hydrogen-bond acceptors (Lipinski definition) is 3. The van der Waals surface area contributed by atoms with Gasteiger partial charge in [0.05, 0.1) is 0 Å². The molecule has 0 fully saturated rings. The fraction of sp³-hybridized carbons (Fsp3) is 1.00. The molecule has 0 unspecified atom stereocenters. The number of hydrogen-bond donors (Lipinski definition) is 0. The fourth-order valence-electron chi connectivity index (χ4n) is 0.681. The van der Waals surface area contributed by atoms with Gasteiger partial charge in [-0.05, 0) is 19.3 Å². The highest BCUT2D eigenvalue weighted by Gasteiger charge is 2.17. The molecular weight excluding hydrogens is 184 g/mol. The van der Waals surface area contributed by atoms with E-state index in [0.29, 0.717) is 0 Å². The summed E-state index contributed by atoms with van der Waals surface area (Å²) < 4.78 is 16.4. The summed E-state index contributed by atoms with van der Waals surface area (Å²) in [7, 11) is -1.43. The minimum atomic E-state index is -1.43. The third kappa shape index (κ3) is 8.43. The van der Waals surface area contributed by atoms with Crippen LogP contribution in [-0.2, 0) is 13.3 Å². The summed E-state index contributed by atoms with van der Waals surface area (Å²) in [4.78, 5) is 0. The van der Waals surface area contributed by atoms with E-state index in [-0.39, 0.29) is 0 Å². The molecule has 0 aromatic heterocycles. The molecule has 0 atom stereocenters. The smallest absolute Gasteiger partial charge is 0.371 e. The van der Waals surface area contributed by atoms with Crippen molar-refractivity contribution >= 4 is 9.53 Å². The van der Waals surface area contributed by atoms with Crippen molar-refractivity contribution in [1.29, 1.82) is 0 Å². The molecule has 1 radical (unpaired) electrons. The first-order valence-corrected chi connectivity index (χ1v) is 6.32. The highest BCUT2D eigenvalue weighted by molar-refractivity contribution is 6.36. The van der Waals surface area contributed by atoms with Gasteiger partial charge in [-0.1, -0.05) is 20.8 Å². The average molecular weight is 205 g/mol. The first-order valence-electron chi connectivity index (χ1n) is 5.10. The molecule has 0 aliphatic heterocycles. The van der Waals surface area contributed by atoms with Crippen LogP contribution in [0.2, 0.25) is 0 Å². The zero-order chi connectivity index (χ0) is 9.94. The second-order valence-corrected chi connectivity index (χ2v) is 4.16. The van der Waals surface area contributed by atoms with Crippen molar-refractivity contribution < 1.29 is 13.3 Å². The topological polar surface area (TPSA) is 27.7 Å². The van der Waals surface area contributed by atoms with Gasteiger partial charge in [-0.2, -0.15) is 0 Å². The minimum absolute atomic E-state index is 0.738. The van der Waals surface area contributed by atoms with Gasteiger partial charge < -0.3 is 13.3 Å². The van der Waals surface area contributed by atoms with Gasteiger partial charge in [0.2, 0.25) is 0 Å². The van der Waals surface area contributed by atoms with E-state index >= 15 is 0 Å². The molecule has 0 amide bonds. The maximum atomic E-state index is 5.45. The Morgan fingerprint density at radius 3 is 1.23 bits per heavy atom. The molecule has 0 rings (SSSR count). The van der Waals surface area contributed by atoms with Crippen LogP contribution >= 0.6 is 0 Å². The van der Waals surface area contributed by atoms with Crippen LogP contribution in [0.15, 0.2) is 0 Å². The van der Waals surface area contributed by atoms with Crippen LogP contribution in [0.5, 0.6) is 0 Å². The normalized spacial score (nSPS) is 11.1. The Morgan fingerprint density at radius 1 is 0.692 bits per heavy atom. The molecule has 0 saturated carbocycles. The molecule has 0 aliphatic rings. The Bertz CT molecular complexity index is 81.8. The lowest BCUT2D eigenvalue weighted by Gasteiger charge is -2.13. The minimum Gasteiger partial charge on any atom is -0.371 e. The summed E-state index contributed by atoms with van der Waals surface area (Å²) >= 11 is 0. The zero-order valence-corrected chi connectivity index (χ0v) is 9.97. The van der Waals surface area contributed by atoms with Crippen LogP contribution in [0.4, 0.5) is 0 Å². The Balaban J connectivity index is 3.47. The van der Waals surface area contributed by atoms with Gasteiger partial charge in [-0.3, -0.25) is 0 Å². The lowest BCUT2D eigenvalue weighted by atomic mass is 10.5. The molecule has 0 aromatic carbocycles. The molecule has 0 heterocycles. The van der Waals surface area contributed by atoms with E-state index in [2.05, 4.69) is 20.8 Å². The van der Waals surface area contributed by atoms with Crippen molar-refractivity contribution in [3.05, 3.63) is 0 Å². The maximum absolute atomic E-state index is 5.45. The van der Waals surface area contributed by atoms with E-state index in [1.807, 2.05) is 0 Å². The van der Waals surface area contributed by atoms with Crippen molar-refractivity contribution in [2.24, 2.45) is 0 Å². The Labute approximate surface area is 83.3 Å². The monoisotopic (exact) mass is 205 g/mol. The van der Waals surface area contributed by atoms with Crippen LogP contribution in [0, 0.1) is 0 Å². The highest BCUT2D eigenvalue weighted by atomic mass is 28.3. The summed E-state index contributed by atoms with van der Waals surface area (Å²) in [6.45, 7) is 8.46. The largest absolute Gasteiger partial charge is 0.577 e. The fourth-order valence-corrected chi connectivity index (χ4v) is 2.04. The summed E-state index contributed by atoms with van der Waals surface area (Å²) in [5.41, 5.74) is 0. The van der Waals surface area contributed by atoms with Crippen LogP contribution in [0.1, 0.15) is 40.0 Å². The lowest BCUT2D eigenvalue weighted by molar-refractivity contribution is 0.0933. The first-order chi connectivity index (χ1) is 6.35. The predicted octanol–water partition coefficient (Wildman–Crippen LogP) is 2.25. The van der Waals surface area contributed by atoms with E-state index in [1.54, 1.807) is 0 Å². The van der Waals surface area contributed by atoms with Crippen LogP contribution in [-0.4, -0.2) is 29.3 Å². The molecule has 4 heteroatoms. The first kappa shape index (κ1) is 13.1. The second-order valence-electron chi connectivity index (χ2n) is 2.80. The van der Waals surface area contributed by atoms with E-state index in [1.165, 1.54) is 0 Å². The van der Waals surface area contributed by atoms with Crippen LogP contribution < -0.4 is 0 Å².